The van der Waals surface area contributed by atoms with Gasteiger partial charge in [-0.15, -0.1) is 0 Å². The standard InChI is InChI=1S/C19H33F3O3/c1-2-3-4-12-23-17-9-7-16(8-10-17)18-24-13-15(14-25-18)6-5-11-19(20,21)22/h15-18H,2-14H2,1H3/t15-,16-,17-,18-. The Labute approximate surface area is 149 Å². The van der Waals surface area contributed by atoms with Crippen LogP contribution in [0.5, 0.6) is 0 Å². The predicted molar refractivity (Wildman–Crippen MR) is 90.3 cm³/mol. The zero-order chi connectivity index (χ0) is 18.1. The molecule has 0 radical (unpaired) electrons. The van der Waals surface area contributed by atoms with Crippen LogP contribution in [-0.4, -0.2) is 38.4 Å². The minimum absolute atomic E-state index is 0.0943. The summed E-state index contributed by atoms with van der Waals surface area (Å²) in [6.45, 7) is 4.10. The summed E-state index contributed by atoms with van der Waals surface area (Å²) in [6, 6.07) is 0. The average molecular weight is 366 g/mol. The molecule has 3 nitrogen and oxygen atoms in total. The lowest BCUT2D eigenvalue weighted by atomic mass is 9.86. The Hall–Kier alpha value is -0.330. The SMILES string of the molecule is CCCCCO[C@H]1CC[C@H]([C@H]2OC[C@H](CCCC(F)(F)F)CO2)CC1. The number of hydrogen-bond acceptors (Lipinski definition) is 3. The fourth-order valence-electron chi connectivity index (χ4n) is 3.72. The molecule has 148 valence electrons. The number of hydrogen-bond donors (Lipinski definition) is 0. The fourth-order valence-corrected chi connectivity index (χ4v) is 3.72. The van der Waals surface area contributed by atoms with Crippen LogP contribution < -0.4 is 0 Å². The van der Waals surface area contributed by atoms with Crippen molar-refractivity contribution in [3.05, 3.63) is 0 Å². The predicted octanol–water partition coefficient (Wildman–Crippen LogP) is 5.47. The first kappa shape index (κ1) is 21.0. The third kappa shape index (κ3) is 8.27. The Balaban J connectivity index is 1.56. The lowest BCUT2D eigenvalue weighted by Crippen LogP contribution is -2.39. The van der Waals surface area contributed by atoms with Gasteiger partial charge in [0.1, 0.15) is 0 Å². The normalized spacial score (nSPS) is 31.2. The summed E-state index contributed by atoms with van der Waals surface area (Å²) in [5.74, 6) is 0.489. The highest BCUT2D eigenvalue weighted by Gasteiger charge is 2.33. The van der Waals surface area contributed by atoms with Crippen molar-refractivity contribution in [3.8, 4) is 0 Å². The summed E-state index contributed by atoms with van der Waals surface area (Å²) in [7, 11) is 0. The van der Waals surface area contributed by atoms with Crippen molar-refractivity contribution in [1.29, 1.82) is 0 Å². The van der Waals surface area contributed by atoms with Gasteiger partial charge in [-0.3, -0.25) is 0 Å². The van der Waals surface area contributed by atoms with E-state index in [1.807, 2.05) is 0 Å². The van der Waals surface area contributed by atoms with E-state index in [-0.39, 0.29) is 18.6 Å². The highest BCUT2D eigenvalue weighted by Crippen LogP contribution is 2.33. The molecule has 0 unspecified atom stereocenters. The van der Waals surface area contributed by atoms with Crippen molar-refractivity contribution in [3.63, 3.8) is 0 Å². The largest absolute Gasteiger partial charge is 0.389 e. The van der Waals surface area contributed by atoms with E-state index >= 15 is 0 Å². The highest BCUT2D eigenvalue weighted by atomic mass is 19.4. The van der Waals surface area contributed by atoms with Crippen molar-refractivity contribution in [2.24, 2.45) is 11.8 Å². The van der Waals surface area contributed by atoms with Gasteiger partial charge in [0.25, 0.3) is 0 Å². The van der Waals surface area contributed by atoms with Crippen molar-refractivity contribution in [2.45, 2.75) is 89.7 Å². The zero-order valence-electron chi connectivity index (χ0n) is 15.4. The molecule has 2 fully saturated rings. The maximum atomic E-state index is 12.2. The summed E-state index contributed by atoms with van der Waals surface area (Å²) in [5, 5.41) is 0. The van der Waals surface area contributed by atoms with E-state index in [1.165, 1.54) is 12.8 Å². The van der Waals surface area contributed by atoms with Crippen molar-refractivity contribution in [2.75, 3.05) is 19.8 Å². The molecule has 0 atom stereocenters. The molecular weight excluding hydrogens is 333 g/mol. The lowest BCUT2D eigenvalue weighted by Gasteiger charge is -2.37. The van der Waals surface area contributed by atoms with Gasteiger partial charge in [0.15, 0.2) is 6.29 Å². The average Bonchev–Trinajstić information content (AvgIpc) is 2.59. The molecule has 1 heterocycles. The Bertz CT molecular complexity index is 346. The van der Waals surface area contributed by atoms with Crippen LogP contribution in [0.1, 0.15) is 71.1 Å². The lowest BCUT2D eigenvalue weighted by molar-refractivity contribution is -0.232. The molecule has 2 rings (SSSR count). The van der Waals surface area contributed by atoms with Crippen LogP contribution in [0.3, 0.4) is 0 Å². The van der Waals surface area contributed by atoms with Crippen LogP contribution >= 0.6 is 0 Å². The first-order valence-corrected chi connectivity index (χ1v) is 9.89. The molecule has 0 amide bonds. The summed E-state index contributed by atoms with van der Waals surface area (Å²) in [5.41, 5.74) is 0. The second kappa shape index (κ2) is 10.7. The molecule has 1 aliphatic carbocycles. The number of halogens is 3. The van der Waals surface area contributed by atoms with Gasteiger partial charge in [0, 0.05) is 24.9 Å². The molecular formula is C19H33F3O3. The molecule has 1 aliphatic heterocycles. The van der Waals surface area contributed by atoms with Crippen LogP contribution in [0.25, 0.3) is 0 Å². The summed E-state index contributed by atoms with van der Waals surface area (Å²) in [4.78, 5) is 0. The molecule has 0 aromatic heterocycles. The van der Waals surface area contributed by atoms with Crippen molar-refractivity contribution in [1.82, 2.24) is 0 Å². The first-order chi connectivity index (χ1) is 12.0. The van der Waals surface area contributed by atoms with Crippen LogP contribution in [0.15, 0.2) is 0 Å². The van der Waals surface area contributed by atoms with Crippen LogP contribution in [-0.2, 0) is 14.2 Å². The molecule has 0 aromatic rings. The summed E-state index contributed by atoms with van der Waals surface area (Å²) >= 11 is 0. The van der Waals surface area contributed by atoms with E-state index in [0.717, 1.165) is 38.7 Å². The Morgan fingerprint density at radius 2 is 1.64 bits per heavy atom. The van der Waals surface area contributed by atoms with Crippen molar-refractivity contribution < 1.29 is 27.4 Å². The van der Waals surface area contributed by atoms with Gasteiger partial charge >= 0.3 is 6.18 Å². The molecule has 0 spiro atoms. The molecule has 1 saturated heterocycles. The molecule has 0 aromatic carbocycles. The van der Waals surface area contributed by atoms with Crippen LogP contribution in [0.4, 0.5) is 13.2 Å². The second-order valence-corrected chi connectivity index (χ2v) is 7.52. The number of ether oxygens (including phenoxy) is 3. The summed E-state index contributed by atoms with van der Waals surface area (Å²) in [6.07, 6.45) is 3.86. The molecule has 2 aliphatic rings. The third-order valence-electron chi connectivity index (χ3n) is 5.27. The van der Waals surface area contributed by atoms with E-state index in [4.69, 9.17) is 14.2 Å². The zero-order valence-corrected chi connectivity index (χ0v) is 15.4. The topological polar surface area (TPSA) is 27.7 Å². The van der Waals surface area contributed by atoms with Crippen LogP contribution in [0, 0.1) is 11.8 Å². The highest BCUT2D eigenvalue weighted by molar-refractivity contribution is 4.77. The molecule has 0 N–H and O–H groups in total. The minimum atomic E-state index is -4.06. The smallest absolute Gasteiger partial charge is 0.378 e. The second-order valence-electron chi connectivity index (χ2n) is 7.52. The van der Waals surface area contributed by atoms with Gasteiger partial charge in [0.05, 0.1) is 19.3 Å². The Morgan fingerprint density at radius 1 is 0.960 bits per heavy atom. The minimum Gasteiger partial charge on any atom is -0.378 e. The maximum absolute atomic E-state index is 12.2. The van der Waals surface area contributed by atoms with E-state index in [0.29, 0.717) is 31.7 Å². The monoisotopic (exact) mass is 366 g/mol. The first-order valence-electron chi connectivity index (χ1n) is 9.89. The molecule has 6 heteroatoms. The third-order valence-corrected chi connectivity index (χ3v) is 5.27. The van der Waals surface area contributed by atoms with E-state index in [1.54, 1.807) is 0 Å². The summed E-state index contributed by atoms with van der Waals surface area (Å²) < 4.78 is 54.1. The Morgan fingerprint density at radius 3 is 2.24 bits per heavy atom. The van der Waals surface area contributed by atoms with Gasteiger partial charge in [-0.2, -0.15) is 13.2 Å². The van der Waals surface area contributed by atoms with E-state index < -0.39 is 12.6 Å². The van der Waals surface area contributed by atoms with E-state index in [2.05, 4.69) is 6.92 Å². The van der Waals surface area contributed by atoms with Gasteiger partial charge in [-0.05, 0) is 44.9 Å². The molecule has 25 heavy (non-hydrogen) atoms. The maximum Gasteiger partial charge on any atom is 0.389 e. The Kier molecular flexibility index (Phi) is 9.00. The van der Waals surface area contributed by atoms with Gasteiger partial charge in [0.2, 0.25) is 0 Å². The number of unbranched alkanes of at least 4 members (excludes halogenated alkanes) is 2. The fraction of sp³-hybridized carbons (Fsp3) is 1.00. The number of rotatable bonds is 9. The van der Waals surface area contributed by atoms with Gasteiger partial charge < -0.3 is 14.2 Å². The van der Waals surface area contributed by atoms with Crippen LogP contribution in [0.2, 0.25) is 0 Å². The number of alkyl halides is 3. The molecule has 1 saturated carbocycles. The van der Waals surface area contributed by atoms with Crippen molar-refractivity contribution >= 4 is 0 Å². The van der Waals surface area contributed by atoms with E-state index in [9.17, 15) is 13.2 Å². The molecule has 0 bridgehead atoms. The van der Waals surface area contributed by atoms with Gasteiger partial charge in [-0.25, -0.2) is 0 Å². The van der Waals surface area contributed by atoms with Gasteiger partial charge in [-0.1, -0.05) is 19.8 Å². The quantitative estimate of drug-likeness (QED) is 0.506.